The van der Waals surface area contributed by atoms with Gasteiger partial charge >= 0.3 is 0 Å². The van der Waals surface area contributed by atoms with E-state index in [0.29, 0.717) is 6.61 Å². The number of hydrogen-bond donors (Lipinski definition) is 1. The van der Waals surface area contributed by atoms with Crippen molar-refractivity contribution in [3.05, 3.63) is 12.7 Å². The fourth-order valence-corrected chi connectivity index (χ4v) is 0.581. The molecule has 0 radical (unpaired) electrons. The summed E-state index contributed by atoms with van der Waals surface area (Å²) in [5.74, 6) is 0. The summed E-state index contributed by atoms with van der Waals surface area (Å²) in [5, 5.41) is 8.89. The van der Waals surface area contributed by atoms with Crippen LogP contribution in [-0.2, 0) is 4.74 Å². The van der Waals surface area contributed by atoms with E-state index in [1.54, 1.807) is 13.2 Å². The maximum atomic E-state index is 8.89. The molecule has 0 aromatic carbocycles. The van der Waals surface area contributed by atoms with Crippen molar-refractivity contribution in [2.75, 3.05) is 20.3 Å². The van der Waals surface area contributed by atoms with Crippen LogP contribution in [0.3, 0.4) is 0 Å². The highest BCUT2D eigenvalue weighted by molar-refractivity contribution is 4.90. The fraction of sp³-hybridized carbons (Fsp3) is 0.750. The van der Waals surface area contributed by atoms with Crippen molar-refractivity contribution in [1.82, 2.24) is 0 Å². The standard InChI is InChI=1S/C8H16O2/c1-4-8(2,7-9)5-6-10-3/h4,9H,1,5-7H2,2-3H3. The predicted molar refractivity (Wildman–Crippen MR) is 41.9 cm³/mol. The normalized spacial score (nSPS) is 16.3. The van der Waals surface area contributed by atoms with Crippen LogP contribution in [0.15, 0.2) is 12.7 Å². The zero-order valence-corrected chi connectivity index (χ0v) is 6.76. The maximum Gasteiger partial charge on any atom is 0.0520 e. The van der Waals surface area contributed by atoms with Gasteiger partial charge in [-0.1, -0.05) is 13.0 Å². The Morgan fingerprint density at radius 2 is 2.30 bits per heavy atom. The van der Waals surface area contributed by atoms with Crippen LogP contribution < -0.4 is 0 Å². The van der Waals surface area contributed by atoms with Crippen LogP contribution in [0.1, 0.15) is 13.3 Å². The second-order valence-electron chi connectivity index (χ2n) is 2.76. The van der Waals surface area contributed by atoms with Crippen molar-refractivity contribution >= 4 is 0 Å². The van der Waals surface area contributed by atoms with E-state index in [-0.39, 0.29) is 12.0 Å². The van der Waals surface area contributed by atoms with E-state index < -0.39 is 0 Å². The van der Waals surface area contributed by atoms with Gasteiger partial charge < -0.3 is 9.84 Å². The van der Waals surface area contributed by atoms with E-state index in [0.717, 1.165) is 6.42 Å². The number of rotatable bonds is 5. The lowest BCUT2D eigenvalue weighted by molar-refractivity contribution is 0.119. The van der Waals surface area contributed by atoms with Gasteiger partial charge in [-0.15, -0.1) is 6.58 Å². The molecule has 0 amide bonds. The Balaban J connectivity index is 3.68. The summed E-state index contributed by atoms with van der Waals surface area (Å²) < 4.78 is 4.88. The lowest BCUT2D eigenvalue weighted by Gasteiger charge is -2.21. The van der Waals surface area contributed by atoms with Gasteiger partial charge in [0.05, 0.1) is 6.61 Å². The molecular weight excluding hydrogens is 128 g/mol. The van der Waals surface area contributed by atoms with E-state index in [1.807, 2.05) is 6.92 Å². The number of hydrogen-bond acceptors (Lipinski definition) is 2. The third-order valence-electron chi connectivity index (χ3n) is 1.73. The molecule has 10 heavy (non-hydrogen) atoms. The highest BCUT2D eigenvalue weighted by Crippen LogP contribution is 2.20. The van der Waals surface area contributed by atoms with Gasteiger partial charge in [-0.2, -0.15) is 0 Å². The molecule has 1 atom stereocenters. The summed E-state index contributed by atoms with van der Waals surface area (Å²) in [6.45, 7) is 6.41. The molecule has 0 saturated heterocycles. The van der Waals surface area contributed by atoms with Crippen LogP contribution in [-0.4, -0.2) is 25.4 Å². The summed E-state index contributed by atoms with van der Waals surface area (Å²) >= 11 is 0. The first-order chi connectivity index (χ1) is 4.68. The molecule has 0 bridgehead atoms. The maximum absolute atomic E-state index is 8.89. The Bertz CT molecular complexity index is 101. The van der Waals surface area contributed by atoms with Crippen LogP contribution in [0.2, 0.25) is 0 Å². The lowest BCUT2D eigenvalue weighted by Crippen LogP contribution is -2.19. The second kappa shape index (κ2) is 4.47. The Morgan fingerprint density at radius 3 is 2.60 bits per heavy atom. The molecule has 0 heterocycles. The quantitative estimate of drug-likeness (QED) is 0.588. The molecule has 0 rings (SSSR count). The summed E-state index contributed by atoms with van der Waals surface area (Å²) in [7, 11) is 1.65. The van der Waals surface area contributed by atoms with Crippen molar-refractivity contribution < 1.29 is 9.84 Å². The van der Waals surface area contributed by atoms with Crippen molar-refractivity contribution in [2.45, 2.75) is 13.3 Å². The average Bonchev–Trinajstić information content (AvgIpc) is 2.00. The molecule has 0 aromatic heterocycles. The summed E-state index contributed by atoms with van der Waals surface area (Å²) in [5.41, 5.74) is -0.171. The van der Waals surface area contributed by atoms with Gasteiger partial charge in [0.2, 0.25) is 0 Å². The summed E-state index contributed by atoms with van der Waals surface area (Å²) in [6, 6.07) is 0. The predicted octanol–water partition coefficient (Wildman–Crippen LogP) is 1.21. The van der Waals surface area contributed by atoms with E-state index in [9.17, 15) is 0 Å². The molecule has 0 aliphatic heterocycles. The first-order valence-corrected chi connectivity index (χ1v) is 3.42. The van der Waals surface area contributed by atoms with E-state index >= 15 is 0 Å². The number of methoxy groups -OCH3 is 1. The Labute approximate surface area is 62.5 Å². The van der Waals surface area contributed by atoms with Crippen LogP contribution >= 0.6 is 0 Å². The van der Waals surface area contributed by atoms with E-state index in [4.69, 9.17) is 9.84 Å². The third-order valence-corrected chi connectivity index (χ3v) is 1.73. The van der Waals surface area contributed by atoms with Gasteiger partial charge in [-0.3, -0.25) is 0 Å². The number of aliphatic hydroxyl groups excluding tert-OH is 1. The average molecular weight is 144 g/mol. The Hall–Kier alpha value is -0.340. The molecule has 0 aromatic rings. The van der Waals surface area contributed by atoms with E-state index in [2.05, 4.69) is 6.58 Å². The number of ether oxygens (including phenoxy) is 1. The van der Waals surface area contributed by atoms with Crippen molar-refractivity contribution in [1.29, 1.82) is 0 Å². The minimum atomic E-state index is -0.171. The molecule has 60 valence electrons. The minimum Gasteiger partial charge on any atom is -0.395 e. The summed E-state index contributed by atoms with van der Waals surface area (Å²) in [4.78, 5) is 0. The molecule has 0 spiro atoms. The first-order valence-electron chi connectivity index (χ1n) is 3.42. The molecule has 0 aliphatic carbocycles. The number of aliphatic hydroxyl groups is 1. The van der Waals surface area contributed by atoms with Crippen molar-refractivity contribution in [2.24, 2.45) is 5.41 Å². The molecule has 0 fully saturated rings. The smallest absolute Gasteiger partial charge is 0.0520 e. The SMILES string of the molecule is C=CC(C)(CO)CCOC. The van der Waals surface area contributed by atoms with E-state index in [1.165, 1.54) is 0 Å². The zero-order valence-electron chi connectivity index (χ0n) is 6.76. The lowest BCUT2D eigenvalue weighted by atomic mass is 9.89. The zero-order chi connectivity index (χ0) is 8.04. The highest BCUT2D eigenvalue weighted by Gasteiger charge is 2.17. The highest BCUT2D eigenvalue weighted by atomic mass is 16.5. The topological polar surface area (TPSA) is 29.5 Å². The fourth-order valence-electron chi connectivity index (χ4n) is 0.581. The van der Waals surface area contributed by atoms with Crippen molar-refractivity contribution in [3.63, 3.8) is 0 Å². The second-order valence-corrected chi connectivity index (χ2v) is 2.76. The Kier molecular flexibility index (Phi) is 4.32. The molecule has 0 aliphatic rings. The van der Waals surface area contributed by atoms with Gasteiger partial charge in [-0.05, 0) is 6.42 Å². The minimum absolute atomic E-state index is 0.139. The molecular formula is C8H16O2. The molecule has 2 heteroatoms. The van der Waals surface area contributed by atoms with Gasteiger partial charge in [0.25, 0.3) is 0 Å². The summed E-state index contributed by atoms with van der Waals surface area (Å²) in [6.07, 6.45) is 2.59. The Morgan fingerprint density at radius 1 is 1.70 bits per heavy atom. The van der Waals surface area contributed by atoms with Gasteiger partial charge in [0.1, 0.15) is 0 Å². The monoisotopic (exact) mass is 144 g/mol. The molecule has 1 N–H and O–H groups in total. The van der Waals surface area contributed by atoms with Gasteiger partial charge in [0.15, 0.2) is 0 Å². The molecule has 2 nitrogen and oxygen atoms in total. The van der Waals surface area contributed by atoms with Gasteiger partial charge in [0, 0.05) is 19.1 Å². The third kappa shape index (κ3) is 2.99. The first kappa shape index (κ1) is 9.66. The largest absolute Gasteiger partial charge is 0.395 e. The van der Waals surface area contributed by atoms with Crippen molar-refractivity contribution in [3.8, 4) is 0 Å². The van der Waals surface area contributed by atoms with Crippen LogP contribution in [0, 0.1) is 5.41 Å². The van der Waals surface area contributed by atoms with Crippen LogP contribution in [0.4, 0.5) is 0 Å². The molecule has 1 unspecified atom stereocenters. The van der Waals surface area contributed by atoms with Crippen LogP contribution in [0.5, 0.6) is 0 Å². The molecule has 0 saturated carbocycles. The van der Waals surface area contributed by atoms with Crippen LogP contribution in [0.25, 0.3) is 0 Å². The van der Waals surface area contributed by atoms with Gasteiger partial charge in [-0.25, -0.2) is 0 Å².